The minimum Gasteiger partial charge on any atom is -0.414 e. The molecule has 4 atom stereocenters. The van der Waals surface area contributed by atoms with Crippen molar-refractivity contribution in [1.29, 1.82) is 0 Å². The predicted octanol–water partition coefficient (Wildman–Crippen LogP) is 2.64. The van der Waals surface area contributed by atoms with Crippen LogP contribution in [0.5, 0.6) is 0 Å². The highest BCUT2D eigenvalue weighted by Gasteiger charge is 2.60. The highest BCUT2D eigenvalue weighted by Crippen LogP contribution is 2.44. The first kappa shape index (κ1) is 17.4. The van der Waals surface area contributed by atoms with Crippen LogP contribution in [-0.2, 0) is 18.6 Å². The summed E-state index contributed by atoms with van der Waals surface area (Å²) in [6.07, 6.45) is -1.07. The Bertz CT molecular complexity index is 399. The smallest absolute Gasteiger partial charge is 0.192 e. The molecular formula is C15H30O5Si. The molecule has 1 N–H and O–H groups in total. The number of hydrogen-bond donors (Lipinski definition) is 1. The fourth-order valence-electron chi connectivity index (χ4n) is 2.55. The second kappa shape index (κ2) is 5.01. The third kappa shape index (κ3) is 3.35. The normalized spacial score (nSPS) is 39.6. The number of rotatable bonds is 3. The van der Waals surface area contributed by atoms with E-state index in [1.807, 2.05) is 13.8 Å². The zero-order valence-corrected chi connectivity index (χ0v) is 15.5. The van der Waals surface area contributed by atoms with E-state index in [1.165, 1.54) is 0 Å². The average molecular weight is 318 g/mol. The molecule has 0 aromatic heterocycles. The molecule has 5 nitrogen and oxygen atoms in total. The number of fused-ring (bicyclic) bond motifs is 1. The van der Waals surface area contributed by atoms with Gasteiger partial charge >= 0.3 is 0 Å². The van der Waals surface area contributed by atoms with Gasteiger partial charge in [0.25, 0.3) is 0 Å². The summed E-state index contributed by atoms with van der Waals surface area (Å²) in [6.45, 7) is 16.8. The summed E-state index contributed by atoms with van der Waals surface area (Å²) in [6, 6.07) is 0. The van der Waals surface area contributed by atoms with Crippen molar-refractivity contribution < 1.29 is 23.7 Å². The van der Waals surface area contributed by atoms with Crippen LogP contribution in [0, 0.1) is 0 Å². The summed E-state index contributed by atoms with van der Waals surface area (Å²) in [5.74, 6) is -2.03. The van der Waals surface area contributed by atoms with Gasteiger partial charge in [-0.1, -0.05) is 20.8 Å². The lowest BCUT2D eigenvalue weighted by molar-refractivity contribution is -0.267. The topological polar surface area (TPSA) is 57.2 Å². The van der Waals surface area contributed by atoms with E-state index in [2.05, 4.69) is 33.9 Å². The molecule has 2 aliphatic heterocycles. The predicted molar refractivity (Wildman–Crippen MR) is 82.5 cm³/mol. The van der Waals surface area contributed by atoms with Gasteiger partial charge in [-0.2, -0.15) is 0 Å². The summed E-state index contributed by atoms with van der Waals surface area (Å²) < 4.78 is 23.6. The Kier molecular flexibility index (Phi) is 4.14. The van der Waals surface area contributed by atoms with Crippen molar-refractivity contribution >= 4 is 8.32 Å². The molecule has 21 heavy (non-hydrogen) atoms. The fourth-order valence-corrected chi connectivity index (χ4v) is 3.57. The summed E-state index contributed by atoms with van der Waals surface area (Å²) in [5.41, 5.74) is 0. The van der Waals surface area contributed by atoms with Crippen LogP contribution < -0.4 is 0 Å². The maximum atomic E-state index is 10.4. The molecule has 2 aliphatic rings. The first-order chi connectivity index (χ1) is 9.25. The van der Waals surface area contributed by atoms with Gasteiger partial charge in [0.2, 0.25) is 0 Å². The van der Waals surface area contributed by atoms with E-state index in [1.54, 1.807) is 6.92 Å². The van der Waals surface area contributed by atoms with Crippen molar-refractivity contribution in [2.24, 2.45) is 0 Å². The Balaban J connectivity index is 2.05. The number of ether oxygens (including phenoxy) is 3. The summed E-state index contributed by atoms with van der Waals surface area (Å²) in [4.78, 5) is 0. The van der Waals surface area contributed by atoms with Crippen molar-refractivity contribution in [2.45, 2.75) is 89.6 Å². The minimum absolute atomic E-state index is 0.139. The second-order valence-corrected chi connectivity index (χ2v) is 13.1. The number of hydrogen-bond acceptors (Lipinski definition) is 5. The van der Waals surface area contributed by atoms with Gasteiger partial charge in [-0.05, 0) is 38.9 Å². The van der Waals surface area contributed by atoms with Crippen LogP contribution in [-0.4, -0.2) is 49.9 Å². The maximum absolute atomic E-state index is 10.4. The Morgan fingerprint density at radius 3 is 2.19 bits per heavy atom. The van der Waals surface area contributed by atoms with E-state index >= 15 is 0 Å². The van der Waals surface area contributed by atoms with Gasteiger partial charge in [0, 0.05) is 0 Å². The van der Waals surface area contributed by atoms with Crippen LogP contribution in [0.1, 0.15) is 41.5 Å². The van der Waals surface area contributed by atoms with E-state index in [0.29, 0.717) is 6.61 Å². The highest BCUT2D eigenvalue weighted by atomic mass is 28.4. The third-order valence-electron chi connectivity index (χ3n) is 4.83. The van der Waals surface area contributed by atoms with Gasteiger partial charge in [0.1, 0.15) is 18.3 Å². The van der Waals surface area contributed by atoms with Crippen LogP contribution in [0.4, 0.5) is 0 Å². The Morgan fingerprint density at radius 1 is 1.10 bits per heavy atom. The Hall–Kier alpha value is 0.0169. The quantitative estimate of drug-likeness (QED) is 0.811. The highest BCUT2D eigenvalue weighted by molar-refractivity contribution is 6.74. The third-order valence-corrected chi connectivity index (χ3v) is 9.33. The molecule has 0 aromatic rings. The maximum Gasteiger partial charge on any atom is 0.192 e. The molecule has 0 aromatic carbocycles. The van der Waals surface area contributed by atoms with Gasteiger partial charge in [-0.25, -0.2) is 0 Å². The van der Waals surface area contributed by atoms with E-state index in [-0.39, 0.29) is 17.2 Å². The Morgan fingerprint density at radius 2 is 1.67 bits per heavy atom. The molecule has 2 rings (SSSR count). The minimum atomic E-state index is -1.86. The van der Waals surface area contributed by atoms with E-state index < -0.39 is 26.0 Å². The summed E-state index contributed by atoms with van der Waals surface area (Å²) in [5, 5.41) is 10.5. The van der Waals surface area contributed by atoms with Crippen molar-refractivity contribution in [3.05, 3.63) is 0 Å². The van der Waals surface area contributed by atoms with Crippen LogP contribution in [0.2, 0.25) is 18.1 Å². The average Bonchev–Trinajstić information content (AvgIpc) is 2.69. The lowest BCUT2D eigenvalue weighted by Crippen LogP contribution is -2.44. The Labute approximate surface area is 129 Å². The van der Waals surface area contributed by atoms with Crippen LogP contribution in [0.15, 0.2) is 0 Å². The van der Waals surface area contributed by atoms with Gasteiger partial charge < -0.3 is 23.7 Å². The monoisotopic (exact) mass is 318 g/mol. The summed E-state index contributed by atoms with van der Waals surface area (Å²) in [7, 11) is -1.86. The van der Waals surface area contributed by atoms with Crippen LogP contribution >= 0.6 is 0 Å². The first-order valence-electron chi connectivity index (χ1n) is 7.65. The van der Waals surface area contributed by atoms with E-state index in [0.717, 1.165) is 0 Å². The molecule has 6 heteroatoms. The van der Waals surface area contributed by atoms with Crippen molar-refractivity contribution in [3.8, 4) is 0 Å². The second-order valence-electron chi connectivity index (χ2n) is 8.30. The molecule has 0 radical (unpaired) electrons. The molecule has 124 valence electrons. The lowest BCUT2D eigenvalue weighted by atomic mass is 10.1. The van der Waals surface area contributed by atoms with Gasteiger partial charge in [0.05, 0.1) is 6.61 Å². The van der Waals surface area contributed by atoms with Crippen LogP contribution in [0.3, 0.4) is 0 Å². The lowest BCUT2D eigenvalue weighted by Gasteiger charge is -2.37. The van der Waals surface area contributed by atoms with Crippen molar-refractivity contribution in [1.82, 2.24) is 0 Å². The zero-order valence-electron chi connectivity index (χ0n) is 14.5. The summed E-state index contributed by atoms with van der Waals surface area (Å²) >= 11 is 0. The first-order valence-corrected chi connectivity index (χ1v) is 10.6. The molecule has 0 bridgehead atoms. The molecule has 2 fully saturated rings. The SMILES string of the molecule is CC1(C)O[C@H]2[C@@H](CO[Si](C)(C)C(C)(C)C)OC(C)(O)[C@H]2O1. The molecule has 0 amide bonds. The number of aliphatic hydroxyl groups is 1. The molecule has 0 aliphatic carbocycles. The van der Waals surface area contributed by atoms with Crippen molar-refractivity contribution in [2.75, 3.05) is 6.61 Å². The molecule has 0 spiro atoms. The molecule has 1 unspecified atom stereocenters. The largest absolute Gasteiger partial charge is 0.414 e. The molecular weight excluding hydrogens is 288 g/mol. The molecule has 0 saturated carbocycles. The molecule has 2 heterocycles. The standard InChI is InChI=1S/C15H30O5Si/c1-13(2,3)21(7,8)17-9-10-11-12(15(6,16)18-10)20-14(4,5)19-11/h10-12,16H,9H2,1-8H3/t10-,11+,12+,15?/m1/s1. The molecule has 2 saturated heterocycles. The van der Waals surface area contributed by atoms with Crippen LogP contribution in [0.25, 0.3) is 0 Å². The van der Waals surface area contributed by atoms with Gasteiger partial charge in [-0.15, -0.1) is 0 Å². The fraction of sp³-hybridized carbons (Fsp3) is 1.00. The van der Waals surface area contributed by atoms with E-state index in [4.69, 9.17) is 18.6 Å². The van der Waals surface area contributed by atoms with Crippen molar-refractivity contribution in [3.63, 3.8) is 0 Å². The van der Waals surface area contributed by atoms with Gasteiger partial charge in [0.15, 0.2) is 19.9 Å². The van der Waals surface area contributed by atoms with Gasteiger partial charge in [-0.3, -0.25) is 0 Å². The zero-order chi connectivity index (χ0) is 16.3. The van der Waals surface area contributed by atoms with E-state index in [9.17, 15) is 5.11 Å².